The van der Waals surface area contributed by atoms with Crippen LogP contribution in [-0.2, 0) is 15.0 Å². The molecule has 1 aliphatic heterocycles. The van der Waals surface area contributed by atoms with Gasteiger partial charge in [0.2, 0.25) is 0 Å². The Kier molecular flexibility index (Phi) is 6.30. The molecule has 4 aromatic rings. The van der Waals surface area contributed by atoms with Crippen LogP contribution in [0.5, 0.6) is 0 Å². The van der Waals surface area contributed by atoms with Crippen molar-refractivity contribution in [3.05, 3.63) is 112 Å². The van der Waals surface area contributed by atoms with Crippen LogP contribution in [0.3, 0.4) is 0 Å². The molecule has 186 valence electrons. The average Bonchev–Trinajstić information content (AvgIpc) is 3.40. The number of nitrogens with zero attached hydrogens (tertiary/aromatic N) is 2. The van der Waals surface area contributed by atoms with Crippen molar-refractivity contribution in [2.75, 3.05) is 4.90 Å². The Bertz CT molecular complexity index is 1560. The second-order valence-corrected chi connectivity index (χ2v) is 11.3. The summed E-state index contributed by atoms with van der Waals surface area (Å²) in [5.74, 6) is -1.58. The molecular weight excluding hydrogens is 480 g/mol. The average molecular weight is 509 g/mol. The highest BCUT2D eigenvalue weighted by Gasteiger charge is 2.45. The van der Waals surface area contributed by atoms with Gasteiger partial charge in [-0.15, -0.1) is 0 Å². The van der Waals surface area contributed by atoms with Gasteiger partial charge in [-0.2, -0.15) is 0 Å². The lowest BCUT2D eigenvalue weighted by Gasteiger charge is -2.25. The second kappa shape index (κ2) is 9.45. The van der Waals surface area contributed by atoms with Crippen molar-refractivity contribution < 1.29 is 14.7 Å². The molecule has 1 N–H and O–H groups in total. The number of aryl methyl sites for hydroxylation is 1. The van der Waals surface area contributed by atoms with Gasteiger partial charge in [0.15, 0.2) is 16.7 Å². The van der Waals surface area contributed by atoms with Gasteiger partial charge in [-0.25, -0.2) is 4.98 Å². The van der Waals surface area contributed by atoms with E-state index in [1.54, 1.807) is 6.08 Å². The number of rotatable bonds is 5. The Morgan fingerprint density at radius 2 is 1.73 bits per heavy atom. The SMILES string of the molecule is Cc1ccc2nc(N3C(=O)C(O)=C(C(=O)C=Cc4ccccc4)C3c3ccc(C(C)(C)C)cc3)sc2c1. The number of anilines is 1. The lowest BCUT2D eigenvalue weighted by Crippen LogP contribution is -2.30. The number of allylic oxidation sites excluding steroid dienone is 1. The fourth-order valence-corrected chi connectivity index (χ4v) is 5.57. The van der Waals surface area contributed by atoms with E-state index in [0.717, 1.165) is 32.5 Å². The number of fused-ring (bicyclic) bond motifs is 1. The summed E-state index contributed by atoms with van der Waals surface area (Å²) in [7, 11) is 0. The first kappa shape index (κ1) is 24.7. The van der Waals surface area contributed by atoms with Gasteiger partial charge in [0, 0.05) is 0 Å². The third-order valence-electron chi connectivity index (χ3n) is 6.53. The van der Waals surface area contributed by atoms with Crippen LogP contribution < -0.4 is 4.90 Å². The number of hydrogen-bond donors (Lipinski definition) is 1. The van der Waals surface area contributed by atoms with E-state index in [4.69, 9.17) is 4.98 Å². The maximum Gasteiger partial charge on any atom is 0.296 e. The van der Waals surface area contributed by atoms with Crippen LogP contribution in [0, 0.1) is 6.92 Å². The fraction of sp³-hybridized carbons (Fsp3) is 0.194. The van der Waals surface area contributed by atoms with E-state index >= 15 is 0 Å². The van der Waals surface area contributed by atoms with Crippen LogP contribution in [-0.4, -0.2) is 21.8 Å². The van der Waals surface area contributed by atoms with Crippen LogP contribution in [0.2, 0.25) is 0 Å². The molecule has 2 heterocycles. The Labute approximate surface area is 220 Å². The normalized spacial score (nSPS) is 16.4. The molecule has 0 radical (unpaired) electrons. The highest BCUT2D eigenvalue weighted by molar-refractivity contribution is 7.22. The van der Waals surface area contributed by atoms with Crippen molar-refractivity contribution in [3.63, 3.8) is 0 Å². The first-order chi connectivity index (χ1) is 17.6. The van der Waals surface area contributed by atoms with E-state index < -0.39 is 23.5 Å². The molecule has 0 spiro atoms. The van der Waals surface area contributed by atoms with Gasteiger partial charge < -0.3 is 5.11 Å². The number of aliphatic hydroxyl groups excluding tert-OH is 1. The van der Waals surface area contributed by atoms with Gasteiger partial charge in [0.05, 0.1) is 21.8 Å². The van der Waals surface area contributed by atoms with E-state index in [-0.39, 0.29) is 11.0 Å². The van der Waals surface area contributed by atoms with Crippen LogP contribution >= 0.6 is 11.3 Å². The molecule has 1 unspecified atom stereocenters. The number of hydrogen-bond acceptors (Lipinski definition) is 5. The third kappa shape index (κ3) is 4.72. The number of ketones is 1. The van der Waals surface area contributed by atoms with Gasteiger partial charge in [0.25, 0.3) is 5.91 Å². The van der Waals surface area contributed by atoms with Crippen molar-refractivity contribution in [3.8, 4) is 0 Å². The topological polar surface area (TPSA) is 70.5 Å². The summed E-state index contributed by atoms with van der Waals surface area (Å²) in [6.45, 7) is 8.39. The summed E-state index contributed by atoms with van der Waals surface area (Å²) in [5.41, 5.74) is 4.57. The predicted molar refractivity (Wildman–Crippen MR) is 150 cm³/mol. The Morgan fingerprint density at radius 3 is 2.41 bits per heavy atom. The van der Waals surface area contributed by atoms with E-state index in [1.807, 2.05) is 79.7 Å². The molecule has 0 bridgehead atoms. The molecule has 6 heteroatoms. The van der Waals surface area contributed by atoms with E-state index in [1.165, 1.54) is 22.3 Å². The van der Waals surface area contributed by atoms with Gasteiger partial charge >= 0.3 is 0 Å². The molecule has 1 aromatic heterocycles. The summed E-state index contributed by atoms with van der Waals surface area (Å²) >= 11 is 1.37. The van der Waals surface area contributed by atoms with Gasteiger partial charge in [-0.05, 0) is 52.8 Å². The smallest absolute Gasteiger partial charge is 0.296 e. The van der Waals surface area contributed by atoms with Gasteiger partial charge in [-0.1, -0.05) is 98.8 Å². The summed E-state index contributed by atoms with van der Waals surface area (Å²) in [6.07, 6.45) is 3.10. The summed E-state index contributed by atoms with van der Waals surface area (Å²) in [4.78, 5) is 33.1. The number of aliphatic hydroxyl groups is 1. The van der Waals surface area contributed by atoms with Crippen molar-refractivity contribution in [1.82, 2.24) is 4.98 Å². The maximum atomic E-state index is 13.5. The molecule has 0 saturated carbocycles. The van der Waals surface area contributed by atoms with Crippen molar-refractivity contribution in [1.29, 1.82) is 0 Å². The highest BCUT2D eigenvalue weighted by atomic mass is 32.1. The quantitative estimate of drug-likeness (QED) is 0.292. The summed E-state index contributed by atoms with van der Waals surface area (Å²) in [6, 6.07) is 22.4. The molecule has 0 aliphatic carbocycles. The molecule has 0 saturated heterocycles. The summed E-state index contributed by atoms with van der Waals surface area (Å²) in [5, 5.41) is 11.4. The molecule has 1 atom stereocenters. The molecular formula is C31H28N2O3S. The zero-order valence-electron chi connectivity index (χ0n) is 21.2. The third-order valence-corrected chi connectivity index (χ3v) is 7.55. The standard InChI is InChI=1S/C31H28N2O3S/c1-19-10-16-23-25(18-19)37-30(32-23)33-27(21-12-14-22(15-13-21)31(2,3)4)26(28(35)29(33)36)24(34)17-11-20-8-6-5-7-9-20/h5-18,27,35H,1-4H3. The minimum atomic E-state index is -0.795. The molecule has 5 rings (SSSR count). The zero-order valence-corrected chi connectivity index (χ0v) is 22.0. The second-order valence-electron chi connectivity index (χ2n) is 10.3. The lowest BCUT2D eigenvalue weighted by atomic mass is 9.85. The molecule has 0 fully saturated rings. The van der Waals surface area contributed by atoms with Crippen molar-refractivity contribution in [2.45, 2.75) is 39.2 Å². The minimum Gasteiger partial charge on any atom is -0.503 e. The van der Waals surface area contributed by atoms with Crippen LogP contribution in [0.1, 0.15) is 49.1 Å². The monoisotopic (exact) mass is 508 g/mol. The number of aromatic nitrogens is 1. The van der Waals surface area contributed by atoms with E-state index in [0.29, 0.717) is 5.13 Å². The Balaban J connectivity index is 1.61. The van der Waals surface area contributed by atoms with E-state index in [2.05, 4.69) is 20.8 Å². The number of carbonyl (C=O) groups is 2. The molecule has 1 aliphatic rings. The van der Waals surface area contributed by atoms with Gasteiger partial charge in [-0.3, -0.25) is 14.5 Å². The molecule has 1 amide bonds. The number of carbonyl (C=O) groups excluding carboxylic acids is 2. The van der Waals surface area contributed by atoms with Crippen molar-refractivity contribution in [2.24, 2.45) is 0 Å². The first-order valence-electron chi connectivity index (χ1n) is 12.2. The van der Waals surface area contributed by atoms with Crippen molar-refractivity contribution >= 4 is 44.5 Å². The largest absolute Gasteiger partial charge is 0.503 e. The maximum absolute atomic E-state index is 13.5. The Morgan fingerprint density at radius 1 is 1.03 bits per heavy atom. The van der Waals surface area contributed by atoms with Crippen LogP contribution in [0.4, 0.5) is 5.13 Å². The minimum absolute atomic E-state index is 0.0519. The zero-order chi connectivity index (χ0) is 26.3. The molecule has 37 heavy (non-hydrogen) atoms. The van der Waals surface area contributed by atoms with Gasteiger partial charge in [0.1, 0.15) is 0 Å². The number of amides is 1. The lowest BCUT2D eigenvalue weighted by molar-refractivity contribution is -0.117. The van der Waals surface area contributed by atoms with Crippen LogP contribution in [0.15, 0.2) is 90.2 Å². The Hall–Kier alpha value is -4.03. The molecule has 3 aromatic carbocycles. The number of thiazole rings is 1. The first-order valence-corrected chi connectivity index (χ1v) is 13.0. The van der Waals surface area contributed by atoms with Crippen LogP contribution in [0.25, 0.3) is 16.3 Å². The predicted octanol–water partition coefficient (Wildman–Crippen LogP) is 7.08. The highest BCUT2D eigenvalue weighted by Crippen LogP contribution is 2.44. The fourth-order valence-electron chi connectivity index (χ4n) is 4.48. The number of benzene rings is 3. The van der Waals surface area contributed by atoms with E-state index in [9.17, 15) is 14.7 Å². The molecule has 5 nitrogen and oxygen atoms in total. The summed E-state index contributed by atoms with van der Waals surface area (Å²) < 4.78 is 0.938.